The summed E-state index contributed by atoms with van der Waals surface area (Å²) in [7, 11) is 0. The van der Waals surface area contributed by atoms with Gasteiger partial charge in [-0.1, -0.05) is 50.5 Å². The highest BCUT2D eigenvalue weighted by Gasteiger charge is 2.29. The van der Waals surface area contributed by atoms with E-state index in [9.17, 15) is 17.6 Å². The van der Waals surface area contributed by atoms with Crippen molar-refractivity contribution in [3.8, 4) is 0 Å². The third-order valence-corrected chi connectivity index (χ3v) is 6.33. The van der Waals surface area contributed by atoms with Crippen LogP contribution >= 0.6 is 0 Å². The lowest BCUT2D eigenvalue weighted by atomic mass is 9.77. The van der Waals surface area contributed by atoms with Crippen LogP contribution in [0.3, 0.4) is 0 Å². The maximum Gasteiger partial charge on any atom is 0.416 e. The van der Waals surface area contributed by atoms with Gasteiger partial charge in [-0.3, -0.25) is 0 Å². The van der Waals surface area contributed by atoms with E-state index in [4.69, 9.17) is 0 Å². The third-order valence-electron chi connectivity index (χ3n) is 6.33. The van der Waals surface area contributed by atoms with Crippen molar-refractivity contribution in [2.75, 3.05) is 0 Å². The van der Waals surface area contributed by atoms with Gasteiger partial charge < -0.3 is 0 Å². The molecular formula is C25H30F4. The molecule has 0 amide bonds. The third kappa shape index (κ3) is 6.07. The number of hydrogen-bond donors (Lipinski definition) is 0. The van der Waals surface area contributed by atoms with Gasteiger partial charge in [0.2, 0.25) is 0 Å². The molecule has 1 aliphatic carbocycles. The van der Waals surface area contributed by atoms with E-state index in [2.05, 4.69) is 6.92 Å². The monoisotopic (exact) mass is 406 g/mol. The highest BCUT2D eigenvalue weighted by atomic mass is 19.4. The Morgan fingerprint density at radius 3 is 2.17 bits per heavy atom. The fraction of sp³-hybridized carbons (Fsp3) is 0.520. The second kappa shape index (κ2) is 9.77. The Morgan fingerprint density at radius 2 is 1.59 bits per heavy atom. The van der Waals surface area contributed by atoms with Crippen LogP contribution < -0.4 is 0 Å². The number of aryl methyl sites for hydroxylation is 2. The molecule has 29 heavy (non-hydrogen) atoms. The maximum absolute atomic E-state index is 14.6. The second-order valence-electron chi connectivity index (χ2n) is 8.41. The van der Waals surface area contributed by atoms with Crippen LogP contribution in [0.15, 0.2) is 42.5 Å². The van der Waals surface area contributed by atoms with E-state index in [1.54, 1.807) is 6.07 Å². The molecule has 0 heterocycles. The molecule has 0 atom stereocenters. The van der Waals surface area contributed by atoms with Crippen LogP contribution in [-0.4, -0.2) is 0 Å². The molecule has 0 radical (unpaired) electrons. The van der Waals surface area contributed by atoms with Gasteiger partial charge in [0.15, 0.2) is 0 Å². The Bertz CT molecular complexity index is 768. The second-order valence-corrected chi connectivity index (χ2v) is 8.41. The van der Waals surface area contributed by atoms with Gasteiger partial charge in [-0.05, 0) is 85.3 Å². The molecule has 2 aromatic carbocycles. The normalized spacial score (nSPS) is 20.0. The summed E-state index contributed by atoms with van der Waals surface area (Å²) >= 11 is 0. The molecule has 0 aromatic heterocycles. The summed E-state index contributed by atoms with van der Waals surface area (Å²) in [6.45, 7) is 2.23. The Kier molecular flexibility index (Phi) is 7.37. The number of unbranched alkanes of at least 4 members (excludes halogenated alkanes) is 1. The number of hydrogen-bond acceptors (Lipinski definition) is 0. The molecule has 0 bridgehead atoms. The number of rotatable bonds is 7. The van der Waals surface area contributed by atoms with Crippen molar-refractivity contribution >= 4 is 0 Å². The highest BCUT2D eigenvalue weighted by molar-refractivity contribution is 5.29. The van der Waals surface area contributed by atoms with Crippen molar-refractivity contribution < 1.29 is 17.6 Å². The smallest absolute Gasteiger partial charge is 0.207 e. The molecule has 0 N–H and O–H groups in total. The lowest BCUT2D eigenvalue weighted by molar-refractivity contribution is -0.137. The number of halogens is 4. The van der Waals surface area contributed by atoms with Crippen LogP contribution in [0.4, 0.5) is 17.6 Å². The predicted octanol–water partition coefficient (Wildman–Crippen LogP) is 8.09. The van der Waals surface area contributed by atoms with E-state index in [1.807, 2.05) is 12.1 Å². The van der Waals surface area contributed by atoms with Gasteiger partial charge in [-0.2, -0.15) is 13.2 Å². The predicted molar refractivity (Wildman–Crippen MR) is 109 cm³/mol. The number of alkyl halides is 3. The van der Waals surface area contributed by atoms with Crippen molar-refractivity contribution in [1.29, 1.82) is 0 Å². The van der Waals surface area contributed by atoms with Crippen molar-refractivity contribution in [2.24, 2.45) is 5.92 Å². The molecule has 0 nitrogen and oxygen atoms in total. The molecule has 0 aliphatic heterocycles. The molecule has 0 spiro atoms. The lowest BCUT2D eigenvalue weighted by Gasteiger charge is -2.29. The van der Waals surface area contributed by atoms with Crippen molar-refractivity contribution in [3.05, 3.63) is 70.5 Å². The topological polar surface area (TPSA) is 0 Å². The average molecular weight is 407 g/mol. The summed E-state index contributed by atoms with van der Waals surface area (Å²) < 4.78 is 52.5. The van der Waals surface area contributed by atoms with E-state index < -0.39 is 11.7 Å². The van der Waals surface area contributed by atoms with Gasteiger partial charge >= 0.3 is 6.18 Å². The van der Waals surface area contributed by atoms with Crippen LogP contribution in [0.2, 0.25) is 0 Å². The lowest BCUT2D eigenvalue weighted by Crippen LogP contribution is -2.13. The van der Waals surface area contributed by atoms with Gasteiger partial charge in [-0.15, -0.1) is 0 Å². The molecule has 0 saturated heterocycles. The minimum Gasteiger partial charge on any atom is -0.207 e. The fourth-order valence-corrected chi connectivity index (χ4v) is 4.44. The zero-order valence-corrected chi connectivity index (χ0v) is 17.1. The Morgan fingerprint density at radius 1 is 0.897 bits per heavy atom. The molecule has 0 unspecified atom stereocenters. The standard InChI is InChI=1S/C25H30F4/c1-2-3-4-18-5-10-20(11-6-18)22-14-13-21(24(26)17-22)12-7-19-8-15-23(16-9-19)25(27,28)29/h8-9,13-18,20H,2-7,10-12H2,1H3. The van der Waals surface area contributed by atoms with Gasteiger partial charge in [0.1, 0.15) is 5.82 Å². The highest BCUT2D eigenvalue weighted by Crippen LogP contribution is 2.38. The quantitative estimate of drug-likeness (QED) is 0.408. The van der Waals surface area contributed by atoms with Crippen LogP contribution in [0.25, 0.3) is 0 Å². The maximum atomic E-state index is 14.6. The molecule has 1 aliphatic rings. The van der Waals surface area contributed by atoms with E-state index in [0.29, 0.717) is 24.3 Å². The van der Waals surface area contributed by atoms with Gasteiger partial charge in [0, 0.05) is 0 Å². The van der Waals surface area contributed by atoms with E-state index in [1.165, 1.54) is 44.2 Å². The van der Waals surface area contributed by atoms with Crippen molar-refractivity contribution in [3.63, 3.8) is 0 Å². The molecular weight excluding hydrogens is 376 g/mol. The summed E-state index contributed by atoms with van der Waals surface area (Å²) in [5, 5.41) is 0. The Hall–Kier alpha value is -1.84. The van der Waals surface area contributed by atoms with Gasteiger partial charge in [0.05, 0.1) is 5.56 Å². The van der Waals surface area contributed by atoms with Crippen LogP contribution in [0.5, 0.6) is 0 Å². The molecule has 158 valence electrons. The molecule has 4 heteroatoms. The Balaban J connectivity index is 1.55. The van der Waals surface area contributed by atoms with E-state index in [-0.39, 0.29) is 5.82 Å². The van der Waals surface area contributed by atoms with Crippen molar-refractivity contribution in [2.45, 2.75) is 76.8 Å². The first kappa shape index (κ1) is 21.9. The summed E-state index contributed by atoms with van der Waals surface area (Å²) in [5.74, 6) is 1.09. The van der Waals surface area contributed by atoms with Gasteiger partial charge in [0.25, 0.3) is 0 Å². The van der Waals surface area contributed by atoms with E-state index >= 15 is 0 Å². The number of benzene rings is 2. The minimum atomic E-state index is -4.32. The van der Waals surface area contributed by atoms with Crippen LogP contribution in [0.1, 0.15) is 80.0 Å². The Labute approximate surface area is 171 Å². The largest absolute Gasteiger partial charge is 0.416 e. The summed E-state index contributed by atoms with van der Waals surface area (Å²) in [6.07, 6.45) is 5.31. The first-order valence-electron chi connectivity index (χ1n) is 10.8. The first-order chi connectivity index (χ1) is 13.9. The SMILES string of the molecule is CCCCC1CCC(c2ccc(CCc3ccc(C(F)(F)F)cc3)c(F)c2)CC1. The zero-order chi connectivity index (χ0) is 20.9. The summed E-state index contributed by atoms with van der Waals surface area (Å²) in [6, 6.07) is 10.7. The summed E-state index contributed by atoms with van der Waals surface area (Å²) in [5.41, 5.74) is 1.85. The van der Waals surface area contributed by atoms with E-state index in [0.717, 1.165) is 42.0 Å². The average Bonchev–Trinajstić information content (AvgIpc) is 2.71. The fourth-order valence-electron chi connectivity index (χ4n) is 4.44. The van der Waals surface area contributed by atoms with Crippen LogP contribution in [-0.2, 0) is 19.0 Å². The molecule has 3 rings (SSSR count). The first-order valence-corrected chi connectivity index (χ1v) is 10.8. The molecule has 1 fully saturated rings. The molecule has 2 aromatic rings. The van der Waals surface area contributed by atoms with Crippen LogP contribution in [0, 0.1) is 11.7 Å². The minimum absolute atomic E-state index is 0.192. The summed E-state index contributed by atoms with van der Waals surface area (Å²) in [4.78, 5) is 0. The molecule has 1 saturated carbocycles. The zero-order valence-electron chi connectivity index (χ0n) is 17.1. The van der Waals surface area contributed by atoms with Crippen molar-refractivity contribution in [1.82, 2.24) is 0 Å². The van der Waals surface area contributed by atoms with Gasteiger partial charge in [-0.25, -0.2) is 4.39 Å².